The first kappa shape index (κ1) is 18.0. The van der Waals surface area contributed by atoms with Gasteiger partial charge in [-0.25, -0.2) is 19.3 Å². The van der Waals surface area contributed by atoms with Crippen LogP contribution in [-0.4, -0.2) is 33.1 Å². The maximum Gasteiger partial charge on any atom is 0.237 e. The van der Waals surface area contributed by atoms with Crippen LogP contribution in [0.3, 0.4) is 0 Å². The van der Waals surface area contributed by atoms with E-state index in [9.17, 15) is 0 Å². The number of nitrogen functional groups attached to an aromatic ring is 1. The lowest BCUT2D eigenvalue weighted by Crippen LogP contribution is -2.20. The van der Waals surface area contributed by atoms with Crippen molar-refractivity contribution in [3.8, 4) is 17.0 Å². The highest BCUT2D eigenvalue weighted by Crippen LogP contribution is 2.39. The highest BCUT2D eigenvalue weighted by Gasteiger charge is 2.21. The van der Waals surface area contributed by atoms with E-state index >= 15 is 4.39 Å². The number of nitrogens with zero attached hydrogens (tertiary/aromatic N) is 4. The van der Waals surface area contributed by atoms with E-state index in [1.807, 2.05) is 13.0 Å². The first-order valence-corrected chi connectivity index (χ1v) is 9.40. The normalized spacial score (nSPS) is 12.7. The van der Waals surface area contributed by atoms with E-state index < -0.39 is 5.82 Å². The van der Waals surface area contributed by atoms with Gasteiger partial charge in [0.15, 0.2) is 5.82 Å². The van der Waals surface area contributed by atoms with Crippen molar-refractivity contribution in [2.24, 2.45) is 0 Å². The summed E-state index contributed by atoms with van der Waals surface area (Å²) < 4.78 is 20.8. The lowest BCUT2D eigenvalue weighted by Gasteiger charge is -2.22. The minimum absolute atomic E-state index is 0.00300. The largest absolute Gasteiger partial charge is 0.474 e. The van der Waals surface area contributed by atoms with E-state index in [1.54, 1.807) is 30.7 Å². The van der Waals surface area contributed by atoms with Crippen LogP contribution in [0.2, 0.25) is 0 Å². The maximum absolute atomic E-state index is 15.2. The van der Waals surface area contributed by atoms with Crippen molar-refractivity contribution in [3.63, 3.8) is 0 Å². The van der Waals surface area contributed by atoms with Gasteiger partial charge in [-0.3, -0.25) is 4.98 Å². The van der Waals surface area contributed by atoms with Gasteiger partial charge >= 0.3 is 0 Å². The SMILES string of the molecule is Cc1c(-c2cc3nc(Nc4cccnc4)ncc3c(N)c2F)cnc2c1NCCO2. The Morgan fingerprint density at radius 1 is 1.20 bits per heavy atom. The molecule has 9 heteroatoms. The number of benzene rings is 1. The van der Waals surface area contributed by atoms with Crippen molar-refractivity contribution < 1.29 is 9.13 Å². The molecule has 0 aliphatic carbocycles. The van der Waals surface area contributed by atoms with Crippen LogP contribution in [0.25, 0.3) is 22.0 Å². The smallest absolute Gasteiger partial charge is 0.237 e. The number of halogens is 1. The van der Waals surface area contributed by atoms with E-state index in [-0.39, 0.29) is 5.69 Å². The van der Waals surface area contributed by atoms with Gasteiger partial charge in [0.2, 0.25) is 11.8 Å². The van der Waals surface area contributed by atoms with Crippen molar-refractivity contribution >= 4 is 33.9 Å². The fraction of sp³-hybridized carbons (Fsp3) is 0.143. The Kier molecular flexibility index (Phi) is 4.27. The molecular formula is C21H18FN7O. The van der Waals surface area contributed by atoms with Gasteiger partial charge in [0.1, 0.15) is 12.3 Å². The van der Waals surface area contributed by atoms with Gasteiger partial charge in [0, 0.05) is 41.6 Å². The Morgan fingerprint density at radius 3 is 2.93 bits per heavy atom. The summed E-state index contributed by atoms with van der Waals surface area (Å²) in [5.41, 5.74) is 9.91. The third kappa shape index (κ3) is 3.00. The monoisotopic (exact) mass is 403 g/mol. The molecule has 1 aliphatic rings. The number of hydrogen-bond donors (Lipinski definition) is 3. The van der Waals surface area contributed by atoms with Gasteiger partial charge in [0.25, 0.3) is 0 Å². The van der Waals surface area contributed by atoms with Crippen LogP contribution in [0.15, 0.2) is 43.0 Å². The average Bonchev–Trinajstić information content (AvgIpc) is 2.78. The molecule has 30 heavy (non-hydrogen) atoms. The molecule has 0 saturated carbocycles. The summed E-state index contributed by atoms with van der Waals surface area (Å²) >= 11 is 0. The molecule has 5 rings (SSSR count). The number of nitrogens with one attached hydrogen (secondary N) is 2. The molecule has 0 bridgehead atoms. The number of ether oxygens (including phenoxy) is 1. The third-order valence-corrected chi connectivity index (χ3v) is 5.02. The van der Waals surface area contributed by atoms with Crippen molar-refractivity contribution in [1.82, 2.24) is 19.9 Å². The zero-order valence-electron chi connectivity index (χ0n) is 16.1. The van der Waals surface area contributed by atoms with Gasteiger partial charge in [-0.2, -0.15) is 0 Å². The lowest BCUT2D eigenvalue weighted by molar-refractivity contribution is 0.310. The van der Waals surface area contributed by atoms with Gasteiger partial charge in [-0.1, -0.05) is 0 Å². The van der Waals surface area contributed by atoms with Crippen LogP contribution in [0.1, 0.15) is 5.56 Å². The fourth-order valence-corrected chi connectivity index (χ4v) is 3.49. The lowest BCUT2D eigenvalue weighted by atomic mass is 9.98. The fourth-order valence-electron chi connectivity index (χ4n) is 3.49. The molecule has 3 aromatic heterocycles. The summed E-state index contributed by atoms with van der Waals surface area (Å²) in [5.74, 6) is 0.352. The Bertz CT molecular complexity index is 1260. The second-order valence-electron chi connectivity index (χ2n) is 6.90. The molecule has 4 heterocycles. The topological polar surface area (TPSA) is 111 Å². The molecule has 1 aliphatic heterocycles. The molecule has 4 N–H and O–H groups in total. The number of pyridine rings is 2. The summed E-state index contributed by atoms with van der Waals surface area (Å²) in [7, 11) is 0. The molecule has 1 aromatic carbocycles. The van der Waals surface area contributed by atoms with Gasteiger partial charge < -0.3 is 21.1 Å². The molecule has 0 unspecified atom stereocenters. The van der Waals surface area contributed by atoms with Crippen LogP contribution < -0.4 is 21.1 Å². The molecule has 8 nitrogen and oxygen atoms in total. The second kappa shape index (κ2) is 7.11. The average molecular weight is 403 g/mol. The third-order valence-electron chi connectivity index (χ3n) is 5.02. The van der Waals surface area contributed by atoms with Crippen LogP contribution in [0.4, 0.5) is 27.4 Å². The van der Waals surface area contributed by atoms with E-state index in [0.717, 1.165) is 16.9 Å². The predicted octanol–water partition coefficient (Wildman–Crippen LogP) is 3.66. The molecule has 0 atom stereocenters. The molecule has 150 valence electrons. The molecule has 0 radical (unpaired) electrons. The zero-order chi connectivity index (χ0) is 20.7. The Labute approximate surface area is 171 Å². The predicted molar refractivity (Wildman–Crippen MR) is 113 cm³/mol. The van der Waals surface area contributed by atoms with Crippen LogP contribution in [-0.2, 0) is 0 Å². The van der Waals surface area contributed by atoms with E-state index in [1.165, 1.54) is 6.20 Å². The number of aromatic nitrogens is 4. The van der Waals surface area contributed by atoms with Crippen LogP contribution in [0, 0.1) is 12.7 Å². The second-order valence-corrected chi connectivity index (χ2v) is 6.90. The minimum atomic E-state index is -0.527. The Morgan fingerprint density at radius 2 is 2.10 bits per heavy atom. The van der Waals surface area contributed by atoms with Gasteiger partial charge in [-0.05, 0) is 30.7 Å². The van der Waals surface area contributed by atoms with Crippen molar-refractivity contribution in [3.05, 3.63) is 54.4 Å². The summed E-state index contributed by atoms with van der Waals surface area (Å²) in [5, 5.41) is 6.79. The molecule has 0 saturated heterocycles. The van der Waals surface area contributed by atoms with Crippen LogP contribution >= 0.6 is 0 Å². The van der Waals surface area contributed by atoms with Gasteiger partial charge in [-0.15, -0.1) is 0 Å². The molecule has 4 aromatic rings. The van der Waals surface area contributed by atoms with Crippen molar-refractivity contribution in [2.75, 3.05) is 29.5 Å². The van der Waals surface area contributed by atoms with E-state index in [0.29, 0.717) is 47.0 Å². The number of anilines is 4. The molecule has 0 spiro atoms. The maximum atomic E-state index is 15.2. The summed E-state index contributed by atoms with van der Waals surface area (Å²) in [6.07, 6.45) is 6.45. The standard InChI is InChI=1S/C21H18FN7O/c1-11-14(9-26-20-19(11)25-5-6-30-20)13-7-16-15(18(23)17(13)22)10-27-21(29-16)28-12-3-2-4-24-8-12/h2-4,7-10,25H,5-6,23H2,1H3,(H,27,28,29). The van der Waals surface area contributed by atoms with Crippen molar-refractivity contribution in [2.45, 2.75) is 6.92 Å². The molecule has 0 amide bonds. The zero-order valence-corrected chi connectivity index (χ0v) is 16.1. The highest BCUT2D eigenvalue weighted by molar-refractivity contribution is 5.96. The number of nitrogens with two attached hydrogens (primary N) is 1. The summed E-state index contributed by atoms with van der Waals surface area (Å²) in [4.78, 5) is 17.2. The Hall–Kier alpha value is -4.01. The minimum Gasteiger partial charge on any atom is -0.474 e. The van der Waals surface area contributed by atoms with Crippen LogP contribution in [0.5, 0.6) is 5.88 Å². The molecular weight excluding hydrogens is 385 g/mol. The number of rotatable bonds is 3. The highest BCUT2D eigenvalue weighted by atomic mass is 19.1. The summed E-state index contributed by atoms with van der Waals surface area (Å²) in [6.45, 7) is 3.10. The number of fused-ring (bicyclic) bond motifs is 2. The quantitative estimate of drug-likeness (QED) is 0.445. The molecule has 0 fully saturated rings. The van der Waals surface area contributed by atoms with Gasteiger partial charge in [0.05, 0.1) is 23.1 Å². The van der Waals surface area contributed by atoms with E-state index in [2.05, 4.69) is 30.6 Å². The Balaban J connectivity index is 1.63. The van der Waals surface area contributed by atoms with Crippen molar-refractivity contribution in [1.29, 1.82) is 0 Å². The number of hydrogen-bond acceptors (Lipinski definition) is 8. The van der Waals surface area contributed by atoms with E-state index in [4.69, 9.17) is 10.5 Å². The summed E-state index contributed by atoms with van der Waals surface area (Å²) in [6, 6.07) is 5.32. The first-order valence-electron chi connectivity index (χ1n) is 9.40. The first-order chi connectivity index (χ1) is 14.6.